The van der Waals surface area contributed by atoms with E-state index in [1.54, 1.807) is 0 Å². The Morgan fingerprint density at radius 2 is 2.16 bits per heavy atom. The molecule has 0 spiro atoms. The van der Waals surface area contributed by atoms with Crippen LogP contribution in [0, 0.1) is 11.3 Å². The van der Waals surface area contributed by atoms with Gasteiger partial charge in [0.05, 0.1) is 11.9 Å². The molecule has 0 saturated heterocycles. The molecule has 128 valence electrons. The van der Waals surface area contributed by atoms with E-state index < -0.39 is 17.0 Å². The van der Waals surface area contributed by atoms with Crippen LogP contribution in [0.5, 0.6) is 0 Å². The van der Waals surface area contributed by atoms with Crippen LogP contribution in [-0.2, 0) is 0 Å². The molecule has 25 heavy (non-hydrogen) atoms. The Bertz CT molecular complexity index is 1020. The fourth-order valence-electron chi connectivity index (χ4n) is 2.27. The first-order chi connectivity index (χ1) is 11.9. The van der Waals surface area contributed by atoms with Gasteiger partial charge in [0.15, 0.2) is 10.9 Å². The van der Waals surface area contributed by atoms with Crippen molar-refractivity contribution in [1.82, 2.24) is 19.5 Å². The fourth-order valence-corrected chi connectivity index (χ4v) is 2.96. The molecule has 0 bridgehead atoms. The van der Waals surface area contributed by atoms with Crippen LogP contribution >= 0.6 is 11.8 Å². The second-order valence-electron chi connectivity index (χ2n) is 5.40. The average molecular weight is 359 g/mol. The second kappa shape index (κ2) is 6.40. The summed E-state index contributed by atoms with van der Waals surface area (Å²) in [4.78, 5) is 46.2. The zero-order valence-electron chi connectivity index (χ0n) is 12.9. The van der Waals surface area contributed by atoms with Crippen molar-refractivity contribution in [3.63, 3.8) is 0 Å². The van der Waals surface area contributed by atoms with Crippen molar-refractivity contribution in [2.75, 3.05) is 17.2 Å². The molecule has 2 aromatic heterocycles. The molecule has 1 saturated carbocycles. The highest BCUT2D eigenvalue weighted by Crippen LogP contribution is 2.35. The van der Waals surface area contributed by atoms with Crippen LogP contribution in [0.1, 0.15) is 34.8 Å². The SMILES string of the molecule is N#Cc1cnc(SCC(=O)c2c(N)n(C3CC3)c(=O)[nH]c2=O)nc1N. The maximum atomic E-state index is 12.4. The topological polar surface area (TPSA) is 174 Å². The minimum absolute atomic E-state index is 0.00657. The number of nitrogens with one attached hydrogen (secondary N) is 1. The molecule has 0 unspecified atom stereocenters. The van der Waals surface area contributed by atoms with Crippen molar-refractivity contribution in [2.45, 2.75) is 24.0 Å². The number of Topliss-reactive ketones (excluding diaryl/α,β-unsaturated/α-hetero) is 1. The van der Waals surface area contributed by atoms with Gasteiger partial charge >= 0.3 is 5.69 Å². The smallest absolute Gasteiger partial charge is 0.330 e. The quantitative estimate of drug-likeness (QED) is 0.367. The molecule has 11 heteroatoms. The normalized spacial score (nSPS) is 13.4. The van der Waals surface area contributed by atoms with Crippen molar-refractivity contribution in [2.24, 2.45) is 0 Å². The Balaban J connectivity index is 1.84. The molecule has 5 N–H and O–H groups in total. The molecule has 0 atom stereocenters. The van der Waals surface area contributed by atoms with E-state index in [-0.39, 0.29) is 39.7 Å². The van der Waals surface area contributed by atoms with Crippen LogP contribution in [0.15, 0.2) is 20.9 Å². The first-order valence-corrected chi connectivity index (χ1v) is 8.23. The van der Waals surface area contributed by atoms with Crippen LogP contribution in [0.4, 0.5) is 11.6 Å². The van der Waals surface area contributed by atoms with Crippen LogP contribution in [-0.4, -0.2) is 31.1 Å². The minimum Gasteiger partial charge on any atom is -0.384 e. The maximum Gasteiger partial charge on any atom is 0.330 e. The third-order valence-electron chi connectivity index (χ3n) is 3.62. The van der Waals surface area contributed by atoms with Crippen molar-refractivity contribution < 1.29 is 4.79 Å². The van der Waals surface area contributed by atoms with Gasteiger partial charge in [0.25, 0.3) is 5.56 Å². The summed E-state index contributed by atoms with van der Waals surface area (Å²) in [5.41, 5.74) is 9.93. The third kappa shape index (κ3) is 3.24. The van der Waals surface area contributed by atoms with E-state index in [1.165, 1.54) is 10.8 Å². The molecule has 0 amide bonds. The number of aromatic amines is 1. The highest BCUT2D eigenvalue weighted by molar-refractivity contribution is 7.99. The Morgan fingerprint density at radius 1 is 1.44 bits per heavy atom. The lowest BCUT2D eigenvalue weighted by Crippen LogP contribution is -2.36. The number of anilines is 2. The number of hydrogen-bond donors (Lipinski definition) is 3. The predicted molar refractivity (Wildman–Crippen MR) is 90.2 cm³/mol. The summed E-state index contributed by atoms with van der Waals surface area (Å²) in [6.45, 7) is 0. The summed E-state index contributed by atoms with van der Waals surface area (Å²) in [6.07, 6.45) is 2.80. The summed E-state index contributed by atoms with van der Waals surface area (Å²) in [7, 11) is 0. The number of H-pyrrole nitrogens is 1. The largest absolute Gasteiger partial charge is 0.384 e. The van der Waals surface area contributed by atoms with Gasteiger partial charge in [0, 0.05) is 6.04 Å². The Labute approximate surface area is 144 Å². The Morgan fingerprint density at radius 3 is 2.76 bits per heavy atom. The van der Waals surface area contributed by atoms with Gasteiger partial charge < -0.3 is 11.5 Å². The summed E-state index contributed by atoms with van der Waals surface area (Å²) in [6, 6.07) is 1.76. The van der Waals surface area contributed by atoms with E-state index in [1.807, 2.05) is 6.07 Å². The number of carbonyl (C=O) groups excluding carboxylic acids is 1. The van der Waals surface area contributed by atoms with E-state index in [0.717, 1.165) is 24.6 Å². The van der Waals surface area contributed by atoms with Gasteiger partial charge in [-0.25, -0.2) is 14.8 Å². The molecule has 0 aromatic carbocycles. The number of aromatic nitrogens is 4. The van der Waals surface area contributed by atoms with E-state index in [2.05, 4.69) is 15.0 Å². The first kappa shape index (κ1) is 16.7. The van der Waals surface area contributed by atoms with Crippen LogP contribution in [0.2, 0.25) is 0 Å². The van der Waals surface area contributed by atoms with Crippen LogP contribution in [0.25, 0.3) is 0 Å². The molecular weight excluding hydrogens is 346 g/mol. The molecule has 0 aliphatic heterocycles. The highest BCUT2D eigenvalue weighted by Gasteiger charge is 2.30. The summed E-state index contributed by atoms with van der Waals surface area (Å²) in [5.74, 6) is -0.833. The molecular formula is C14H13N7O3S. The molecule has 3 rings (SSSR count). The minimum atomic E-state index is -0.815. The number of nitrogens with zero attached hydrogens (tertiary/aromatic N) is 4. The van der Waals surface area contributed by atoms with E-state index in [4.69, 9.17) is 16.7 Å². The van der Waals surface area contributed by atoms with Gasteiger partial charge in [-0.05, 0) is 12.8 Å². The third-order valence-corrected chi connectivity index (χ3v) is 4.48. The van der Waals surface area contributed by atoms with Gasteiger partial charge in [0.2, 0.25) is 0 Å². The van der Waals surface area contributed by atoms with Gasteiger partial charge in [-0.3, -0.25) is 19.1 Å². The molecule has 1 fully saturated rings. The number of ketones is 1. The first-order valence-electron chi connectivity index (χ1n) is 7.25. The van der Waals surface area contributed by atoms with Crippen LogP contribution in [0.3, 0.4) is 0 Å². The van der Waals surface area contributed by atoms with Crippen molar-refractivity contribution >= 4 is 29.2 Å². The molecule has 2 heterocycles. The molecule has 1 aliphatic rings. The molecule has 10 nitrogen and oxygen atoms in total. The zero-order valence-corrected chi connectivity index (χ0v) is 13.7. The number of thioether (sulfide) groups is 1. The van der Waals surface area contributed by atoms with Gasteiger partial charge in [-0.1, -0.05) is 11.8 Å². The molecule has 0 radical (unpaired) electrons. The van der Waals surface area contributed by atoms with E-state index in [0.29, 0.717) is 0 Å². The number of hydrogen-bond acceptors (Lipinski definition) is 9. The van der Waals surface area contributed by atoms with Crippen molar-refractivity contribution in [1.29, 1.82) is 5.26 Å². The summed E-state index contributed by atoms with van der Waals surface area (Å²) in [5, 5.41) is 8.97. The maximum absolute atomic E-state index is 12.4. The number of carbonyl (C=O) groups is 1. The lowest BCUT2D eigenvalue weighted by atomic mass is 10.2. The Kier molecular flexibility index (Phi) is 4.28. The number of nitrogens with two attached hydrogens (primary N) is 2. The van der Waals surface area contributed by atoms with Gasteiger partial charge in [-0.2, -0.15) is 5.26 Å². The van der Waals surface area contributed by atoms with E-state index >= 15 is 0 Å². The van der Waals surface area contributed by atoms with Crippen LogP contribution < -0.4 is 22.7 Å². The lowest BCUT2D eigenvalue weighted by Gasteiger charge is -2.10. The second-order valence-corrected chi connectivity index (χ2v) is 6.34. The van der Waals surface area contributed by atoms with Gasteiger partial charge in [-0.15, -0.1) is 0 Å². The monoisotopic (exact) mass is 359 g/mol. The molecule has 1 aliphatic carbocycles. The van der Waals surface area contributed by atoms with Gasteiger partial charge in [0.1, 0.15) is 28.8 Å². The lowest BCUT2D eigenvalue weighted by molar-refractivity contribution is 0.102. The zero-order chi connectivity index (χ0) is 18.1. The highest BCUT2D eigenvalue weighted by atomic mass is 32.2. The standard InChI is InChI=1S/C14H13N7O3S/c15-3-6-4-18-13(19-10(6)16)25-5-8(22)9-11(17)21(7-1-2-7)14(24)20-12(9)23/h4,7H,1-2,5,17H2,(H2,16,18,19)(H,20,23,24). The number of rotatable bonds is 5. The van der Waals surface area contributed by atoms with E-state index in [9.17, 15) is 14.4 Å². The number of nitriles is 1. The summed E-state index contributed by atoms with van der Waals surface area (Å²) >= 11 is 0.951. The molecule has 2 aromatic rings. The van der Waals surface area contributed by atoms with Crippen molar-refractivity contribution in [3.8, 4) is 6.07 Å². The Hall–Kier alpha value is -3.13. The predicted octanol–water partition coefficient (Wildman–Crippen LogP) is -0.327. The average Bonchev–Trinajstić information content (AvgIpc) is 3.37. The summed E-state index contributed by atoms with van der Waals surface area (Å²) < 4.78 is 1.25. The number of nitrogen functional groups attached to an aromatic ring is 2. The van der Waals surface area contributed by atoms with Crippen molar-refractivity contribution in [3.05, 3.63) is 38.2 Å². The fraction of sp³-hybridized carbons (Fsp3) is 0.286.